The second-order valence-corrected chi connectivity index (χ2v) is 6.73. The zero-order valence-corrected chi connectivity index (χ0v) is 16.1. The zero-order valence-electron chi connectivity index (χ0n) is 14.4. The van der Waals surface area contributed by atoms with E-state index in [1.54, 1.807) is 24.4 Å². The second-order valence-electron chi connectivity index (χ2n) is 5.85. The van der Waals surface area contributed by atoms with Gasteiger partial charge in [0, 0.05) is 11.6 Å². The molecule has 0 bridgehead atoms. The predicted molar refractivity (Wildman–Crippen MR) is 104 cm³/mol. The molecule has 0 aliphatic carbocycles. The smallest absolute Gasteiger partial charge is 0.357 e. The third-order valence-electron chi connectivity index (χ3n) is 3.86. The molecule has 0 fully saturated rings. The summed E-state index contributed by atoms with van der Waals surface area (Å²) in [6, 6.07) is 7.04. The fourth-order valence-electron chi connectivity index (χ4n) is 2.50. The van der Waals surface area contributed by atoms with Crippen molar-refractivity contribution in [2.24, 2.45) is 0 Å². The number of carbonyl (C=O) groups excluding carboxylic acids is 1. The standard InChI is InChI=1S/C19H24ClNO3S/c1-2-3-4-5-6-7-13-23-18(22)19(25)24-16-11-10-15(20)14-9-8-12-21-17(14)16/h8-12,19,25H,2-7,13H2,1H3. The Hall–Kier alpha value is -1.46. The highest BCUT2D eigenvalue weighted by Crippen LogP contribution is 2.30. The predicted octanol–water partition coefficient (Wildman–Crippen LogP) is 5.43. The molecule has 0 N–H and O–H groups in total. The lowest BCUT2D eigenvalue weighted by Crippen LogP contribution is -2.24. The number of aromatic nitrogens is 1. The molecular weight excluding hydrogens is 358 g/mol. The number of pyridine rings is 1. The van der Waals surface area contributed by atoms with E-state index >= 15 is 0 Å². The van der Waals surface area contributed by atoms with Crippen LogP contribution in [0.1, 0.15) is 45.4 Å². The van der Waals surface area contributed by atoms with Crippen molar-refractivity contribution in [2.75, 3.05) is 6.61 Å². The Kier molecular flexibility index (Phi) is 8.35. The molecule has 1 aromatic heterocycles. The minimum atomic E-state index is -0.994. The highest BCUT2D eigenvalue weighted by atomic mass is 35.5. The van der Waals surface area contributed by atoms with E-state index < -0.39 is 11.4 Å². The van der Waals surface area contributed by atoms with Gasteiger partial charge >= 0.3 is 5.97 Å². The van der Waals surface area contributed by atoms with Crippen LogP contribution in [-0.4, -0.2) is 23.0 Å². The van der Waals surface area contributed by atoms with Gasteiger partial charge in [-0.2, -0.15) is 0 Å². The molecule has 1 atom stereocenters. The van der Waals surface area contributed by atoms with E-state index in [-0.39, 0.29) is 0 Å². The fraction of sp³-hybridized carbons (Fsp3) is 0.474. The Morgan fingerprint density at radius 2 is 1.96 bits per heavy atom. The summed E-state index contributed by atoms with van der Waals surface area (Å²) in [5, 5.41) is 1.35. The summed E-state index contributed by atoms with van der Waals surface area (Å²) in [6.07, 6.45) is 8.47. The molecule has 2 aromatic rings. The molecule has 1 heterocycles. The van der Waals surface area contributed by atoms with E-state index in [0.717, 1.165) is 18.2 Å². The summed E-state index contributed by atoms with van der Waals surface area (Å²) >= 11 is 10.4. The van der Waals surface area contributed by atoms with Gasteiger partial charge in [-0.05, 0) is 30.7 Å². The van der Waals surface area contributed by atoms with E-state index in [1.165, 1.54) is 25.7 Å². The summed E-state index contributed by atoms with van der Waals surface area (Å²) in [5.74, 6) is -0.0348. The van der Waals surface area contributed by atoms with Crippen LogP contribution in [-0.2, 0) is 9.53 Å². The van der Waals surface area contributed by atoms with Gasteiger partial charge in [0.15, 0.2) is 0 Å². The Balaban J connectivity index is 1.82. The Labute approximate surface area is 159 Å². The molecule has 1 unspecified atom stereocenters. The molecule has 0 amide bonds. The minimum Gasteiger partial charge on any atom is -0.466 e. The van der Waals surface area contributed by atoms with Crippen molar-refractivity contribution in [1.29, 1.82) is 0 Å². The SMILES string of the molecule is CCCCCCCCOC(=O)C(S)Oc1ccc(Cl)c2cccnc12. The Morgan fingerprint density at radius 1 is 1.20 bits per heavy atom. The van der Waals surface area contributed by atoms with Crippen LogP contribution in [0.25, 0.3) is 10.9 Å². The van der Waals surface area contributed by atoms with Gasteiger partial charge in [-0.3, -0.25) is 4.98 Å². The molecule has 0 radical (unpaired) electrons. The van der Waals surface area contributed by atoms with E-state index in [2.05, 4.69) is 24.5 Å². The van der Waals surface area contributed by atoms with Gasteiger partial charge in [-0.25, -0.2) is 4.79 Å². The maximum atomic E-state index is 12.0. The van der Waals surface area contributed by atoms with E-state index in [1.807, 2.05) is 6.07 Å². The van der Waals surface area contributed by atoms with Gasteiger partial charge in [-0.1, -0.05) is 50.6 Å². The van der Waals surface area contributed by atoms with Gasteiger partial charge in [0.05, 0.1) is 11.6 Å². The van der Waals surface area contributed by atoms with Crippen LogP contribution < -0.4 is 4.74 Å². The van der Waals surface area contributed by atoms with Gasteiger partial charge in [-0.15, -0.1) is 12.6 Å². The number of ether oxygens (including phenoxy) is 2. The fourth-order valence-corrected chi connectivity index (χ4v) is 2.91. The maximum Gasteiger partial charge on any atom is 0.357 e. The quantitative estimate of drug-likeness (QED) is 0.258. The minimum absolute atomic E-state index is 0.394. The third kappa shape index (κ3) is 6.08. The average molecular weight is 382 g/mol. The van der Waals surface area contributed by atoms with Crippen molar-refractivity contribution in [3.8, 4) is 5.75 Å². The first-order valence-electron chi connectivity index (χ1n) is 8.68. The molecule has 25 heavy (non-hydrogen) atoms. The molecule has 4 nitrogen and oxygen atoms in total. The van der Waals surface area contributed by atoms with Crippen LogP contribution in [0.4, 0.5) is 0 Å². The summed E-state index contributed by atoms with van der Waals surface area (Å²) in [7, 11) is 0. The number of hydrogen-bond donors (Lipinski definition) is 1. The van der Waals surface area contributed by atoms with E-state index in [9.17, 15) is 4.79 Å². The summed E-state index contributed by atoms with van der Waals surface area (Å²) in [6.45, 7) is 2.58. The van der Waals surface area contributed by atoms with Gasteiger partial charge in [0.2, 0.25) is 5.44 Å². The van der Waals surface area contributed by atoms with Crippen LogP contribution in [0.2, 0.25) is 5.02 Å². The van der Waals surface area contributed by atoms with Gasteiger partial charge in [0.1, 0.15) is 11.3 Å². The molecular formula is C19H24ClNO3S. The number of halogens is 1. The number of thiol groups is 1. The van der Waals surface area contributed by atoms with Crippen LogP contribution in [0, 0.1) is 0 Å². The summed E-state index contributed by atoms with van der Waals surface area (Å²) in [5.41, 5.74) is -0.399. The molecule has 0 saturated heterocycles. The number of esters is 1. The van der Waals surface area contributed by atoms with Crippen LogP contribution in [0.3, 0.4) is 0 Å². The van der Waals surface area contributed by atoms with E-state index in [0.29, 0.717) is 22.9 Å². The number of benzene rings is 1. The number of nitrogens with zero attached hydrogens (tertiary/aromatic N) is 1. The number of rotatable bonds is 10. The van der Waals surface area contributed by atoms with E-state index in [4.69, 9.17) is 21.1 Å². The summed E-state index contributed by atoms with van der Waals surface area (Å²) < 4.78 is 10.9. The lowest BCUT2D eigenvalue weighted by molar-refractivity contribution is -0.147. The Bertz CT molecular complexity index is 695. The second kappa shape index (κ2) is 10.5. The maximum absolute atomic E-state index is 12.0. The molecule has 1 aromatic carbocycles. The summed E-state index contributed by atoms with van der Waals surface area (Å²) in [4.78, 5) is 16.3. The highest BCUT2D eigenvalue weighted by Gasteiger charge is 2.19. The highest BCUT2D eigenvalue weighted by molar-refractivity contribution is 7.81. The molecule has 136 valence electrons. The third-order valence-corrected chi connectivity index (χ3v) is 4.51. The van der Waals surface area contributed by atoms with Crippen molar-refractivity contribution in [1.82, 2.24) is 4.98 Å². The number of carbonyl (C=O) groups is 1. The lowest BCUT2D eigenvalue weighted by Gasteiger charge is -2.14. The number of fused-ring (bicyclic) bond motifs is 1. The van der Waals surface area contributed by atoms with Crippen molar-refractivity contribution in [3.05, 3.63) is 35.5 Å². The topological polar surface area (TPSA) is 48.4 Å². The average Bonchev–Trinajstić information content (AvgIpc) is 2.63. The number of unbranched alkanes of at least 4 members (excludes halogenated alkanes) is 5. The molecule has 0 saturated carbocycles. The van der Waals surface area contributed by atoms with Crippen LogP contribution >= 0.6 is 24.2 Å². The van der Waals surface area contributed by atoms with Crippen LogP contribution in [0.15, 0.2) is 30.5 Å². The monoisotopic (exact) mass is 381 g/mol. The van der Waals surface area contributed by atoms with Gasteiger partial charge in [0.25, 0.3) is 0 Å². The molecule has 0 aliphatic heterocycles. The first-order valence-corrected chi connectivity index (χ1v) is 9.57. The largest absolute Gasteiger partial charge is 0.466 e. The van der Waals surface area contributed by atoms with Crippen molar-refractivity contribution < 1.29 is 14.3 Å². The van der Waals surface area contributed by atoms with Crippen LogP contribution in [0.5, 0.6) is 5.75 Å². The van der Waals surface area contributed by atoms with Crippen molar-refractivity contribution in [3.63, 3.8) is 0 Å². The molecule has 0 aliphatic rings. The van der Waals surface area contributed by atoms with Crippen molar-refractivity contribution in [2.45, 2.75) is 50.9 Å². The molecule has 6 heteroatoms. The zero-order chi connectivity index (χ0) is 18.1. The molecule has 0 spiro atoms. The normalized spacial score (nSPS) is 12.1. The number of hydrogen-bond acceptors (Lipinski definition) is 5. The van der Waals surface area contributed by atoms with Gasteiger partial charge < -0.3 is 9.47 Å². The lowest BCUT2D eigenvalue weighted by atomic mass is 10.1. The van der Waals surface area contributed by atoms with Crippen molar-refractivity contribution >= 4 is 41.1 Å². The Morgan fingerprint density at radius 3 is 2.76 bits per heavy atom. The molecule has 2 rings (SSSR count). The first-order chi connectivity index (χ1) is 12.1. The first kappa shape index (κ1) is 19.9.